The lowest BCUT2D eigenvalue weighted by atomic mass is 10.3. The van der Waals surface area contributed by atoms with Gasteiger partial charge in [0.15, 0.2) is 0 Å². The van der Waals surface area contributed by atoms with E-state index >= 15 is 0 Å². The molecule has 0 aromatic heterocycles. The van der Waals surface area contributed by atoms with Crippen molar-refractivity contribution >= 4 is 5.69 Å². The van der Waals surface area contributed by atoms with Crippen molar-refractivity contribution in [2.24, 2.45) is 0 Å². The molecule has 0 amide bonds. The maximum Gasteiger partial charge on any atom is 0.141 e. The van der Waals surface area contributed by atoms with E-state index in [9.17, 15) is 0 Å². The van der Waals surface area contributed by atoms with Crippen molar-refractivity contribution in [3.05, 3.63) is 24.3 Å². The van der Waals surface area contributed by atoms with Crippen molar-refractivity contribution < 1.29 is 9.84 Å². The Balaban J connectivity index is 2.30. The molecule has 84 valence electrons. The molecule has 4 heteroatoms. The van der Waals surface area contributed by atoms with Crippen LogP contribution < -0.4 is 15.4 Å². The highest BCUT2D eigenvalue weighted by Crippen LogP contribution is 2.22. The van der Waals surface area contributed by atoms with Crippen LogP contribution in [-0.4, -0.2) is 38.5 Å². The van der Waals surface area contributed by atoms with Crippen LogP contribution in [0.3, 0.4) is 0 Å². The summed E-state index contributed by atoms with van der Waals surface area (Å²) in [6, 6.07) is 7.80. The van der Waals surface area contributed by atoms with Crippen LogP contribution in [0.15, 0.2) is 24.3 Å². The van der Waals surface area contributed by atoms with Crippen LogP contribution in [-0.2, 0) is 0 Å². The van der Waals surface area contributed by atoms with Crippen LogP contribution in [0.1, 0.15) is 0 Å². The average Bonchev–Trinajstić information content (AvgIpc) is 2.29. The summed E-state index contributed by atoms with van der Waals surface area (Å²) in [6.45, 7) is 2.43. The quantitative estimate of drug-likeness (QED) is 0.580. The van der Waals surface area contributed by atoms with Crippen molar-refractivity contribution in [2.45, 2.75) is 0 Å². The van der Waals surface area contributed by atoms with Crippen LogP contribution >= 0.6 is 0 Å². The summed E-state index contributed by atoms with van der Waals surface area (Å²) < 4.78 is 5.20. The first-order valence-electron chi connectivity index (χ1n) is 5.07. The second-order valence-corrected chi connectivity index (χ2v) is 3.10. The fourth-order valence-electron chi connectivity index (χ4n) is 1.28. The zero-order chi connectivity index (χ0) is 10.9. The minimum Gasteiger partial charge on any atom is -0.495 e. The Morgan fingerprint density at radius 1 is 1.20 bits per heavy atom. The van der Waals surface area contributed by atoms with Crippen molar-refractivity contribution in [1.82, 2.24) is 5.32 Å². The van der Waals surface area contributed by atoms with Crippen molar-refractivity contribution in [3.8, 4) is 5.75 Å². The number of ether oxygens (including phenoxy) is 1. The van der Waals surface area contributed by atoms with E-state index in [0.717, 1.165) is 24.5 Å². The molecule has 1 aromatic rings. The van der Waals surface area contributed by atoms with Gasteiger partial charge < -0.3 is 20.5 Å². The SMILES string of the molecule is COc1ccccc1NCCNCCO. The lowest BCUT2D eigenvalue weighted by molar-refractivity contribution is 0.293. The Morgan fingerprint density at radius 3 is 2.73 bits per heavy atom. The first-order valence-corrected chi connectivity index (χ1v) is 5.07. The number of benzene rings is 1. The van der Waals surface area contributed by atoms with E-state index in [1.54, 1.807) is 7.11 Å². The molecule has 0 aliphatic rings. The normalized spacial score (nSPS) is 10.0. The molecule has 0 spiro atoms. The molecule has 4 nitrogen and oxygen atoms in total. The second kappa shape index (κ2) is 7.09. The third kappa shape index (κ3) is 4.18. The molecule has 1 aromatic carbocycles. The molecule has 15 heavy (non-hydrogen) atoms. The van der Waals surface area contributed by atoms with Crippen LogP contribution in [0.25, 0.3) is 0 Å². The van der Waals surface area contributed by atoms with Crippen LogP contribution in [0, 0.1) is 0 Å². The number of hydrogen-bond donors (Lipinski definition) is 3. The maximum absolute atomic E-state index is 8.56. The third-order valence-electron chi connectivity index (χ3n) is 2.01. The number of aliphatic hydroxyl groups excluding tert-OH is 1. The molecule has 0 unspecified atom stereocenters. The van der Waals surface area contributed by atoms with Gasteiger partial charge in [-0.2, -0.15) is 0 Å². The number of anilines is 1. The van der Waals surface area contributed by atoms with Gasteiger partial charge in [-0.25, -0.2) is 0 Å². The van der Waals surface area contributed by atoms with Gasteiger partial charge in [0.1, 0.15) is 5.75 Å². The van der Waals surface area contributed by atoms with Gasteiger partial charge in [0.25, 0.3) is 0 Å². The highest BCUT2D eigenvalue weighted by atomic mass is 16.5. The number of hydrogen-bond acceptors (Lipinski definition) is 4. The van der Waals surface area contributed by atoms with Gasteiger partial charge in [-0.3, -0.25) is 0 Å². The summed E-state index contributed by atoms with van der Waals surface area (Å²) in [4.78, 5) is 0. The number of nitrogens with one attached hydrogen (secondary N) is 2. The van der Waals surface area contributed by atoms with Gasteiger partial charge in [-0.1, -0.05) is 12.1 Å². The topological polar surface area (TPSA) is 53.5 Å². The second-order valence-electron chi connectivity index (χ2n) is 3.10. The molecule has 0 saturated carbocycles. The number of para-hydroxylation sites is 2. The van der Waals surface area contributed by atoms with Gasteiger partial charge in [0, 0.05) is 19.6 Å². The van der Waals surface area contributed by atoms with Crippen LogP contribution in [0.4, 0.5) is 5.69 Å². The summed E-state index contributed by atoms with van der Waals surface area (Å²) in [7, 11) is 1.66. The van der Waals surface area contributed by atoms with Crippen molar-refractivity contribution in [2.75, 3.05) is 38.7 Å². The van der Waals surface area contributed by atoms with Crippen molar-refractivity contribution in [3.63, 3.8) is 0 Å². The minimum absolute atomic E-state index is 0.175. The highest BCUT2D eigenvalue weighted by molar-refractivity contribution is 5.55. The van der Waals surface area contributed by atoms with E-state index in [1.165, 1.54) is 0 Å². The molecule has 0 heterocycles. The van der Waals surface area contributed by atoms with Crippen LogP contribution in [0.5, 0.6) is 5.75 Å². The van der Waals surface area contributed by atoms with Gasteiger partial charge in [-0.15, -0.1) is 0 Å². The van der Waals surface area contributed by atoms with Gasteiger partial charge >= 0.3 is 0 Å². The number of rotatable bonds is 7. The summed E-state index contributed by atoms with van der Waals surface area (Å²) in [6.07, 6.45) is 0. The average molecular weight is 210 g/mol. The minimum atomic E-state index is 0.175. The van der Waals surface area contributed by atoms with E-state index in [-0.39, 0.29) is 6.61 Å². The molecule has 1 rings (SSSR count). The molecule has 0 fully saturated rings. The molecule has 0 atom stereocenters. The summed E-state index contributed by atoms with van der Waals surface area (Å²) in [5, 5.41) is 14.9. The lowest BCUT2D eigenvalue weighted by Gasteiger charge is -2.10. The standard InChI is InChI=1S/C11H18N2O2/c1-15-11-5-3-2-4-10(11)13-7-6-12-8-9-14/h2-5,12-14H,6-9H2,1H3. The fraction of sp³-hybridized carbons (Fsp3) is 0.455. The Bertz CT molecular complexity index is 279. The summed E-state index contributed by atoms with van der Waals surface area (Å²) in [5.41, 5.74) is 0.991. The van der Waals surface area contributed by atoms with Gasteiger partial charge in [-0.05, 0) is 12.1 Å². The molecule has 0 radical (unpaired) electrons. The molecule has 0 saturated heterocycles. The van der Waals surface area contributed by atoms with E-state index in [0.29, 0.717) is 6.54 Å². The molecule has 0 aliphatic heterocycles. The Kier molecular flexibility index (Phi) is 5.58. The van der Waals surface area contributed by atoms with E-state index in [4.69, 9.17) is 9.84 Å². The van der Waals surface area contributed by atoms with Crippen molar-refractivity contribution in [1.29, 1.82) is 0 Å². The maximum atomic E-state index is 8.56. The third-order valence-corrected chi connectivity index (χ3v) is 2.01. The molecule has 3 N–H and O–H groups in total. The predicted octanol–water partition coefficient (Wildman–Crippen LogP) is 0.689. The lowest BCUT2D eigenvalue weighted by Crippen LogP contribution is -2.24. The Hall–Kier alpha value is -1.26. The number of aliphatic hydroxyl groups is 1. The predicted molar refractivity (Wildman–Crippen MR) is 61.4 cm³/mol. The highest BCUT2D eigenvalue weighted by Gasteiger charge is 1.98. The first kappa shape index (κ1) is 11.8. The first-order chi connectivity index (χ1) is 7.38. The Morgan fingerprint density at radius 2 is 2.00 bits per heavy atom. The van der Waals surface area contributed by atoms with E-state index < -0.39 is 0 Å². The zero-order valence-corrected chi connectivity index (χ0v) is 8.99. The van der Waals surface area contributed by atoms with Gasteiger partial charge in [0.05, 0.1) is 19.4 Å². The van der Waals surface area contributed by atoms with Gasteiger partial charge in [0.2, 0.25) is 0 Å². The van der Waals surface area contributed by atoms with E-state index in [2.05, 4.69) is 10.6 Å². The molecule has 0 aliphatic carbocycles. The van der Waals surface area contributed by atoms with E-state index in [1.807, 2.05) is 24.3 Å². The molecular formula is C11H18N2O2. The molecule has 0 bridgehead atoms. The largest absolute Gasteiger partial charge is 0.495 e. The number of methoxy groups -OCH3 is 1. The zero-order valence-electron chi connectivity index (χ0n) is 8.99. The Labute approximate surface area is 90.3 Å². The smallest absolute Gasteiger partial charge is 0.141 e. The summed E-state index contributed by atoms with van der Waals surface area (Å²) in [5.74, 6) is 0.847. The van der Waals surface area contributed by atoms with Crippen LogP contribution in [0.2, 0.25) is 0 Å². The fourth-order valence-corrected chi connectivity index (χ4v) is 1.28. The summed E-state index contributed by atoms with van der Waals surface area (Å²) >= 11 is 0. The monoisotopic (exact) mass is 210 g/mol. The molecular weight excluding hydrogens is 192 g/mol.